The minimum atomic E-state index is -3.85. The van der Waals surface area contributed by atoms with E-state index in [0.29, 0.717) is 0 Å². The van der Waals surface area contributed by atoms with Gasteiger partial charge < -0.3 is 10.00 Å². The Morgan fingerprint density at radius 1 is 1.06 bits per heavy atom. The number of hydrogen-bond donors (Lipinski definition) is 2. The van der Waals surface area contributed by atoms with Gasteiger partial charge in [-0.1, -0.05) is 25.7 Å². The molecule has 0 radical (unpaired) electrons. The molecule has 0 spiro atoms. The van der Waals surface area contributed by atoms with Crippen LogP contribution < -0.4 is 0 Å². The maximum atomic E-state index is 11.3. The van der Waals surface area contributed by atoms with Crippen LogP contribution in [0.1, 0.15) is 52.4 Å². The van der Waals surface area contributed by atoms with Gasteiger partial charge in [-0.25, -0.2) is 4.57 Å². The van der Waals surface area contributed by atoms with E-state index in [-0.39, 0.29) is 19.3 Å². The molecule has 5 nitrogen and oxygen atoms in total. The van der Waals surface area contributed by atoms with Gasteiger partial charge in [-0.3, -0.25) is 9.05 Å². The van der Waals surface area contributed by atoms with Crippen LogP contribution in [0.2, 0.25) is 0 Å². The highest BCUT2D eigenvalue weighted by molar-refractivity contribution is 7.47. The molecule has 2 N–H and O–H groups in total. The Kier molecular flexibility index (Phi) is 10.1. The first-order valence-corrected chi connectivity index (χ1v) is 7.74. The summed E-state index contributed by atoms with van der Waals surface area (Å²) in [5.41, 5.74) is 0. The quantitative estimate of drug-likeness (QED) is 0.445. The molecule has 0 saturated heterocycles. The van der Waals surface area contributed by atoms with E-state index >= 15 is 0 Å². The van der Waals surface area contributed by atoms with Gasteiger partial charge in [0.1, 0.15) is 0 Å². The van der Waals surface area contributed by atoms with E-state index in [4.69, 9.17) is 14.2 Å². The van der Waals surface area contributed by atoms with Crippen LogP contribution in [-0.4, -0.2) is 29.3 Å². The Morgan fingerprint density at radius 2 is 1.59 bits per heavy atom. The maximum Gasteiger partial charge on any atom is 0.472 e. The lowest BCUT2D eigenvalue weighted by molar-refractivity contribution is 0.119. The number of phosphoric ester groups is 1. The predicted molar refractivity (Wildman–Crippen MR) is 66.8 cm³/mol. The third-order valence-electron chi connectivity index (χ3n) is 2.15. The number of hydrogen-bond acceptors (Lipinski definition) is 4. The zero-order valence-corrected chi connectivity index (χ0v) is 11.7. The van der Waals surface area contributed by atoms with Crippen molar-refractivity contribution in [3.8, 4) is 0 Å². The number of phosphoric acid groups is 1. The number of aliphatic hydroxyl groups is 1. The molecule has 1 unspecified atom stereocenters. The highest BCUT2D eigenvalue weighted by Gasteiger charge is 2.21. The summed E-state index contributed by atoms with van der Waals surface area (Å²) in [7, 11) is -3.85. The van der Waals surface area contributed by atoms with Crippen LogP contribution >= 0.6 is 7.82 Å². The lowest BCUT2D eigenvalue weighted by Crippen LogP contribution is -2.03. The van der Waals surface area contributed by atoms with Gasteiger partial charge in [-0.15, -0.1) is 0 Å². The minimum Gasteiger partial charge on any atom is -0.396 e. The number of aliphatic hydroxyl groups excluding tert-OH is 1. The summed E-state index contributed by atoms with van der Waals surface area (Å²) in [6.07, 6.45) is 5.43. The summed E-state index contributed by atoms with van der Waals surface area (Å²) >= 11 is 0. The highest BCUT2D eigenvalue weighted by atomic mass is 31.2. The van der Waals surface area contributed by atoms with E-state index < -0.39 is 7.82 Å². The van der Waals surface area contributed by atoms with Gasteiger partial charge in [0.05, 0.1) is 12.7 Å². The Morgan fingerprint density at radius 3 is 2.12 bits per heavy atom. The van der Waals surface area contributed by atoms with Gasteiger partial charge in [0, 0.05) is 6.61 Å². The first-order chi connectivity index (χ1) is 7.98. The molecule has 0 fully saturated rings. The smallest absolute Gasteiger partial charge is 0.396 e. The van der Waals surface area contributed by atoms with Crippen molar-refractivity contribution in [2.24, 2.45) is 0 Å². The van der Waals surface area contributed by atoms with Crippen LogP contribution in [0, 0.1) is 0 Å². The first-order valence-electron chi connectivity index (χ1n) is 6.24. The second-order valence-electron chi connectivity index (χ2n) is 4.30. The Hall–Kier alpha value is 0.0700. The zero-order valence-electron chi connectivity index (χ0n) is 10.8. The largest absolute Gasteiger partial charge is 0.472 e. The van der Waals surface area contributed by atoms with Crippen LogP contribution in [-0.2, 0) is 13.6 Å². The Labute approximate surface area is 104 Å². The molecule has 0 aliphatic carbocycles. The van der Waals surface area contributed by atoms with Crippen molar-refractivity contribution < 1.29 is 23.6 Å². The van der Waals surface area contributed by atoms with Gasteiger partial charge in [-0.05, 0) is 26.7 Å². The van der Waals surface area contributed by atoms with Gasteiger partial charge in [0.2, 0.25) is 0 Å². The van der Waals surface area contributed by atoms with E-state index in [1.807, 2.05) is 0 Å². The molecule has 0 aliphatic heterocycles. The second-order valence-corrected chi connectivity index (χ2v) is 5.71. The maximum absolute atomic E-state index is 11.3. The normalized spacial score (nSPS) is 15.1. The molecule has 0 bridgehead atoms. The highest BCUT2D eigenvalue weighted by Crippen LogP contribution is 2.44. The van der Waals surface area contributed by atoms with Crippen LogP contribution in [0.15, 0.2) is 0 Å². The van der Waals surface area contributed by atoms with Crippen molar-refractivity contribution in [2.45, 2.75) is 58.5 Å². The molecule has 0 saturated carbocycles. The molecule has 0 rings (SSSR count). The molecule has 1 atom stereocenters. The van der Waals surface area contributed by atoms with Crippen LogP contribution in [0.4, 0.5) is 0 Å². The molecular formula is C11H25O5P. The van der Waals surface area contributed by atoms with E-state index in [1.165, 1.54) is 0 Å². The summed E-state index contributed by atoms with van der Waals surface area (Å²) < 4.78 is 20.9. The summed E-state index contributed by atoms with van der Waals surface area (Å²) in [5.74, 6) is 0. The van der Waals surface area contributed by atoms with Crippen LogP contribution in [0.25, 0.3) is 0 Å². The molecule has 104 valence electrons. The van der Waals surface area contributed by atoms with Crippen LogP contribution in [0.3, 0.4) is 0 Å². The molecule has 0 aromatic heterocycles. The lowest BCUT2D eigenvalue weighted by Gasteiger charge is -2.14. The van der Waals surface area contributed by atoms with Crippen molar-refractivity contribution in [3.63, 3.8) is 0 Å². The topological polar surface area (TPSA) is 76.0 Å². The molecule has 6 heteroatoms. The van der Waals surface area contributed by atoms with Gasteiger partial charge in [0.25, 0.3) is 0 Å². The van der Waals surface area contributed by atoms with Gasteiger partial charge in [-0.2, -0.15) is 0 Å². The predicted octanol–water partition coefficient (Wildman–Crippen LogP) is 2.86. The minimum absolute atomic E-state index is 0.250. The van der Waals surface area contributed by atoms with E-state index in [9.17, 15) is 9.46 Å². The fourth-order valence-corrected chi connectivity index (χ4v) is 2.35. The molecule has 17 heavy (non-hydrogen) atoms. The number of rotatable bonds is 11. The van der Waals surface area contributed by atoms with Crippen LogP contribution in [0.5, 0.6) is 0 Å². The molecule has 0 amide bonds. The van der Waals surface area contributed by atoms with Crippen molar-refractivity contribution in [2.75, 3.05) is 13.2 Å². The van der Waals surface area contributed by atoms with E-state index in [2.05, 4.69) is 0 Å². The average Bonchev–Trinajstić information content (AvgIpc) is 2.20. The van der Waals surface area contributed by atoms with Crippen molar-refractivity contribution in [1.82, 2.24) is 0 Å². The fraction of sp³-hybridized carbons (Fsp3) is 1.00. The first kappa shape index (κ1) is 17.1. The second kappa shape index (κ2) is 10.0. The fourth-order valence-electron chi connectivity index (χ4n) is 1.40. The SMILES string of the molecule is CC(C)OP(=O)(O)OCCCCCCCCO. The van der Waals surface area contributed by atoms with Crippen molar-refractivity contribution >= 4 is 7.82 Å². The Bertz CT molecular complexity index is 220. The average molecular weight is 268 g/mol. The number of unbranched alkanes of at least 4 members (excludes halogenated alkanes) is 5. The van der Waals surface area contributed by atoms with Crippen molar-refractivity contribution in [1.29, 1.82) is 0 Å². The summed E-state index contributed by atoms with van der Waals surface area (Å²) in [6.45, 7) is 3.88. The van der Waals surface area contributed by atoms with Gasteiger partial charge >= 0.3 is 7.82 Å². The summed E-state index contributed by atoms with van der Waals surface area (Å²) in [4.78, 5) is 9.24. The lowest BCUT2D eigenvalue weighted by atomic mass is 10.1. The molecule has 0 aliphatic rings. The zero-order chi connectivity index (χ0) is 13.1. The molecule has 0 aromatic rings. The van der Waals surface area contributed by atoms with E-state index in [1.54, 1.807) is 13.8 Å². The standard InChI is InChI=1S/C11H25O5P/c1-11(2)16-17(13,14)15-10-8-6-4-3-5-7-9-12/h11-12H,3-10H2,1-2H3,(H,13,14). The third-order valence-corrected chi connectivity index (χ3v) is 3.35. The monoisotopic (exact) mass is 268 g/mol. The Balaban J connectivity index is 3.35. The summed E-state index contributed by atoms with van der Waals surface area (Å²) in [6, 6.07) is 0. The molecule has 0 aromatic carbocycles. The third kappa shape index (κ3) is 12.3. The van der Waals surface area contributed by atoms with E-state index in [0.717, 1.165) is 38.5 Å². The van der Waals surface area contributed by atoms with Crippen molar-refractivity contribution in [3.05, 3.63) is 0 Å². The van der Waals surface area contributed by atoms with Gasteiger partial charge in [0.15, 0.2) is 0 Å². The summed E-state index contributed by atoms with van der Waals surface area (Å²) in [5, 5.41) is 8.58. The molecular weight excluding hydrogens is 243 g/mol. The molecule has 0 heterocycles.